The van der Waals surface area contributed by atoms with Crippen LogP contribution in [0.5, 0.6) is 5.75 Å². The second-order valence-corrected chi connectivity index (χ2v) is 11.6. The molecule has 0 fully saturated rings. The number of hydrogen-bond acceptors (Lipinski definition) is 1. The average Bonchev–Trinajstić information content (AvgIpc) is 2.86. The second kappa shape index (κ2) is 10.4. The molecule has 0 amide bonds. The minimum atomic E-state index is -2.91. The third kappa shape index (κ3) is 5.25. The first-order valence-corrected chi connectivity index (χ1v) is 13.3. The molecule has 0 aliphatic rings. The van der Waals surface area contributed by atoms with Crippen molar-refractivity contribution in [1.82, 2.24) is 0 Å². The molecule has 0 saturated heterocycles. The molecule has 0 heterocycles. The fourth-order valence-electron chi connectivity index (χ4n) is 4.99. The monoisotopic (exact) mass is 512 g/mol. The van der Waals surface area contributed by atoms with Crippen LogP contribution in [-0.2, 0) is 10.8 Å². The maximum absolute atomic E-state index is 13.5. The van der Waals surface area contributed by atoms with Gasteiger partial charge < -0.3 is 4.65 Å². The zero-order valence-electron chi connectivity index (χ0n) is 23.7. The third-order valence-corrected chi connectivity index (χ3v) is 6.91. The zero-order valence-corrected chi connectivity index (χ0v) is 23.7. The minimum Gasteiger partial charge on any atom is -0.504 e. The maximum atomic E-state index is 13.5. The fraction of sp³-hybridized carbons (Fsp3) is 0.303. The second-order valence-electron chi connectivity index (χ2n) is 11.6. The van der Waals surface area contributed by atoms with Crippen LogP contribution in [0, 0.1) is 0 Å². The van der Waals surface area contributed by atoms with E-state index >= 15 is 0 Å². The highest BCUT2D eigenvalue weighted by molar-refractivity contribution is 6.35. The van der Waals surface area contributed by atoms with Crippen LogP contribution in [-0.4, -0.2) is 13.7 Å². The lowest BCUT2D eigenvalue weighted by atomic mass is 9.79. The van der Waals surface area contributed by atoms with Crippen LogP contribution in [0.4, 0.5) is 14.3 Å². The van der Waals surface area contributed by atoms with Crippen molar-refractivity contribution in [3.63, 3.8) is 0 Å². The van der Waals surface area contributed by atoms with Crippen LogP contribution in [0.15, 0.2) is 66.7 Å². The first-order chi connectivity index (χ1) is 17.9. The molecule has 38 heavy (non-hydrogen) atoms. The van der Waals surface area contributed by atoms with E-state index in [-0.39, 0.29) is 16.6 Å². The molecule has 5 rings (SSSR count). The molecule has 1 N–H and O–H groups in total. The summed E-state index contributed by atoms with van der Waals surface area (Å²) in [5.74, 6) is 0.218. The van der Waals surface area contributed by atoms with Crippen molar-refractivity contribution in [3.05, 3.63) is 83.4 Å². The van der Waals surface area contributed by atoms with Gasteiger partial charge in [-0.1, -0.05) is 97.9 Å². The molecule has 5 aromatic carbocycles. The maximum Gasteiger partial charge on any atom is 0.796 e. The summed E-state index contributed by atoms with van der Waals surface area (Å²) in [6.07, 6.45) is 1.80. The number of halogens is 2. The molecular weight excluding hydrogens is 475 g/mol. The molecule has 0 aliphatic heterocycles. The van der Waals surface area contributed by atoms with Crippen molar-refractivity contribution in [2.24, 2.45) is 0 Å². The van der Waals surface area contributed by atoms with Gasteiger partial charge in [0, 0.05) is 11.5 Å². The fourth-order valence-corrected chi connectivity index (χ4v) is 4.99. The van der Waals surface area contributed by atoms with E-state index in [1.165, 1.54) is 26.9 Å². The lowest BCUT2D eigenvalue weighted by molar-refractivity contribution is -0.344. The predicted octanol–water partition coefficient (Wildman–Crippen LogP) is 8.34. The van der Waals surface area contributed by atoms with Gasteiger partial charge in [-0.25, -0.2) is 13.6 Å². The first kappa shape index (κ1) is 27.6. The molecule has 5 heteroatoms. The average molecular weight is 512 g/mol. The molecule has 0 saturated carbocycles. The molecule has 0 aromatic heterocycles. The van der Waals surface area contributed by atoms with Crippen molar-refractivity contribution in [3.8, 4) is 5.75 Å². The van der Waals surface area contributed by atoms with Gasteiger partial charge in [0.05, 0.1) is 10.9 Å². The smallest absolute Gasteiger partial charge is 0.504 e. The highest BCUT2D eigenvalue weighted by Gasteiger charge is 2.30. The van der Waals surface area contributed by atoms with Gasteiger partial charge in [0.25, 0.3) is 0 Å². The van der Waals surface area contributed by atoms with E-state index in [2.05, 4.69) is 74.3 Å². The van der Waals surface area contributed by atoms with Crippen LogP contribution in [0.3, 0.4) is 0 Å². The van der Waals surface area contributed by atoms with E-state index in [0.29, 0.717) is 5.56 Å². The van der Waals surface area contributed by atoms with E-state index in [9.17, 15) is 8.63 Å². The van der Waals surface area contributed by atoms with Crippen LogP contribution in [0.25, 0.3) is 32.3 Å². The zero-order chi connectivity index (χ0) is 27.8. The van der Waals surface area contributed by atoms with Crippen molar-refractivity contribution in [1.29, 1.82) is 0 Å². The topological polar surface area (TPSA) is 23.2 Å². The molecule has 0 unspecified atom stereocenters. The summed E-state index contributed by atoms with van der Waals surface area (Å²) in [6, 6.07) is 23.0. The Balaban J connectivity index is 0.00000164. The van der Waals surface area contributed by atoms with Gasteiger partial charge >= 0.3 is 7.47 Å². The van der Waals surface area contributed by atoms with E-state index in [1.807, 2.05) is 52.8 Å². The highest BCUT2D eigenvalue weighted by atomic mass is 19.2. The van der Waals surface area contributed by atoms with Gasteiger partial charge in [0.2, 0.25) is 5.69 Å². The lowest BCUT2D eigenvalue weighted by Gasteiger charge is -2.28. The molecule has 0 radical (unpaired) electrons. The van der Waals surface area contributed by atoms with Crippen LogP contribution in [0.2, 0.25) is 0 Å². The van der Waals surface area contributed by atoms with Gasteiger partial charge in [-0.2, -0.15) is 0 Å². The van der Waals surface area contributed by atoms with E-state index in [4.69, 9.17) is 4.65 Å². The molecule has 0 atom stereocenters. The Morgan fingerprint density at radius 1 is 0.737 bits per heavy atom. The first-order valence-electron chi connectivity index (χ1n) is 13.3. The van der Waals surface area contributed by atoms with E-state index < -0.39 is 7.47 Å². The van der Waals surface area contributed by atoms with Crippen molar-refractivity contribution < 1.29 is 18.3 Å². The molecular formula is C33H37BF2NO+. The molecule has 2 nitrogen and oxygen atoms in total. The number of nitrogens with one attached hydrogen (secondary N) is 1. The lowest BCUT2D eigenvalue weighted by Crippen LogP contribution is -2.61. The summed E-state index contributed by atoms with van der Waals surface area (Å²) in [4.78, 5) is 3.44. The number of benzene rings is 5. The van der Waals surface area contributed by atoms with Gasteiger partial charge in [-0.15, -0.1) is 0 Å². The Kier molecular flexibility index (Phi) is 7.52. The Morgan fingerprint density at radius 3 is 1.89 bits per heavy atom. The summed E-state index contributed by atoms with van der Waals surface area (Å²) in [7, 11) is -2.91. The van der Waals surface area contributed by atoms with Crippen molar-refractivity contribution >= 4 is 51.7 Å². The van der Waals surface area contributed by atoms with Crippen LogP contribution in [0.1, 0.15) is 72.1 Å². The summed E-state index contributed by atoms with van der Waals surface area (Å²) >= 11 is 0. The van der Waals surface area contributed by atoms with E-state index in [1.54, 1.807) is 6.21 Å². The largest absolute Gasteiger partial charge is 0.796 e. The Morgan fingerprint density at radius 2 is 1.32 bits per heavy atom. The van der Waals surface area contributed by atoms with Crippen LogP contribution >= 0.6 is 0 Å². The van der Waals surface area contributed by atoms with Crippen LogP contribution < -0.4 is 9.65 Å². The van der Waals surface area contributed by atoms with Gasteiger partial charge in [0.1, 0.15) is 5.75 Å². The predicted molar refractivity (Wildman–Crippen MR) is 160 cm³/mol. The molecule has 0 spiro atoms. The molecule has 196 valence electrons. The van der Waals surface area contributed by atoms with E-state index in [0.717, 1.165) is 22.2 Å². The SMILES string of the molecule is CC.CC(C)(C)c1cc(C=[NH+]c2ccc3ccc4cccc5ccc2c3c45)c(OB(F)F)c(C(C)(C)C)c1. The Labute approximate surface area is 225 Å². The molecule has 5 aromatic rings. The Bertz CT molecular complexity index is 1590. The summed E-state index contributed by atoms with van der Waals surface area (Å²) < 4.78 is 32.2. The Hall–Kier alpha value is -3.47. The van der Waals surface area contributed by atoms with Gasteiger partial charge in [-0.3, -0.25) is 0 Å². The quantitative estimate of drug-likeness (QED) is 0.146. The molecule has 0 aliphatic carbocycles. The third-order valence-electron chi connectivity index (χ3n) is 6.91. The summed E-state index contributed by atoms with van der Waals surface area (Å²) in [5, 5.41) is 7.10. The summed E-state index contributed by atoms with van der Waals surface area (Å²) in [6.45, 7) is 16.4. The van der Waals surface area contributed by atoms with Gasteiger partial charge in [0.15, 0.2) is 6.21 Å². The summed E-state index contributed by atoms with van der Waals surface area (Å²) in [5.41, 5.74) is 2.83. The normalized spacial score (nSPS) is 12.4. The number of rotatable bonds is 4. The highest BCUT2D eigenvalue weighted by Crippen LogP contribution is 2.39. The number of hydrogen-bond donors (Lipinski definition) is 1. The van der Waals surface area contributed by atoms with Crippen molar-refractivity contribution in [2.75, 3.05) is 0 Å². The molecule has 0 bridgehead atoms. The minimum absolute atomic E-state index is 0.154. The standard InChI is InChI=1S/C31H30BF2NO.C2H6/c1-30(2,3)23-16-22(29(36-32(33)34)25(17-23)31(4,5)6)18-35-26-15-13-21-11-10-19-8-7-9-20-12-14-24(26)28(21)27(19)20;1-2/h7-18H,1-6H3;1-2H3/p+1. The van der Waals surface area contributed by atoms with Crippen molar-refractivity contribution in [2.45, 2.75) is 66.2 Å². The van der Waals surface area contributed by atoms with Gasteiger partial charge in [-0.05, 0) is 61.7 Å².